The summed E-state index contributed by atoms with van der Waals surface area (Å²) in [6.07, 6.45) is 5.65. The van der Waals surface area contributed by atoms with Crippen LogP contribution in [0.2, 0.25) is 0 Å². The molecule has 1 fully saturated rings. The van der Waals surface area contributed by atoms with Crippen molar-refractivity contribution in [3.05, 3.63) is 0 Å². The average Bonchev–Trinajstić information content (AvgIpc) is 3.40. The van der Waals surface area contributed by atoms with Crippen molar-refractivity contribution in [3.8, 4) is 0 Å². The molecule has 0 aromatic carbocycles. The standard InChI is InChI=1S/C18H38N4O/c1-5-18(6-2,11-14-23)15-21-17(19-7-3)20-12-13-22(8-4)16-9-10-16/h16,23H,5-15H2,1-4H3,(H2,19,20,21). The van der Waals surface area contributed by atoms with Crippen LogP contribution in [0.4, 0.5) is 0 Å². The van der Waals surface area contributed by atoms with Gasteiger partial charge in [-0.1, -0.05) is 20.8 Å². The lowest BCUT2D eigenvalue weighted by atomic mass is 9.79. The lowest BCUT2D eigenvalue weighted by Gasteiger charge is -2.29. The molecule has 0 aliphatic heterocycles. The van der Waals surface area contributed by atoms with Crippen molar-refractivity contribution in [3.63, 3.8) is 0 Å². The van der Waals surface area contributed by atoms with E-state index in [1.807, 2.05) is 0 Å². The molecule has 0 radical (unpaired) electrons. The molecular weight excluding hydrogens is 288 g/mol. The molecule has 1 aliphatic rings. The fourth-order valence-corrected chi connectivity index (χ4v) is 3.09. The molecule has 0 unspecified atom stereocenters. The predicted octanol–water partition coefficient (Wildman–Crippen LogP) is 2.21. The molecular formula is C18H38N4O. The van der Waals surface area contributed by atoms with Crippen LogP contribution in [0.3, 0.4) is 0 Å². The van der Waals surface area contributed by atoms with Gasteiger partial charge >= 0.3 is 0 Å². The first-order valence-electron chi connectivity index (χ1n) is 9.51. The van der Waals surface area contributed by atoms with Crippen LogP contribution in [0.5, 0.6) is 0 Å². The van der Waals surface area contributed by atoms with E-state index in [1.165, 1.54) is 12.8 Å². The summed E-state index contributed by atoms with van der Waals surface area (Å²) in [6, 6.07) is 0.818. The van der Waals surface area contributed by atoms with Gasteiger partial charge < -0.3 is 15.7 Å². The van der Waals surface area contributed by atoms with Gasteiger partial charge in [0.15, 0.2) is 5.96 Å². The summed E-state index contributed by atoms with van der Waals surface area (Å²) in [4.78, 5) is 7.34. The Morgan fingerprint density at radius 2 is 1.87 bits per heavy atom. The average molecular weight is 327 g/mol. The number of hydrogen-bond donors (Lipinski definition) is 3. The molecule has 0 bridgehead atoms. The Labute approximate surface area is 142 Å². The molecule has 1 rings (SSSR count). The number of guanidine groups is 1. The molecule has 3 N–H and O–H groups in total. The molecule has 23 heavy (non-hydrogen) atoms. The summed E-state index contributed by atoms with van der Waals surface area (Å²) in [6.45, 7) is 13.8. The summed E-state index contributed by atoms with van der Waals surface area (Å²) >= 11 is 0. The van der Waals surface area contributed by atoms with Crippen molar-refractivity contribution in [2.45, 2.75) is 65.8 Å². The molecule has 5 nitrogen and oxygen atoms in total. The third-order valence-electron chi connectivity index (χ3n) is 5.22. The van der Waals surface area contributed by atoms with Crippen LogP contribution in [0.15, 0.2) is 4.99 Å². The van der Waals surface area contributed by atoms with E-state index in [0.717, 1.165) is 64.0 Å². The largest absolute Gasteiger partial charge is 0.396 e. The van der Waals surface area contributed by atoms with Gasteiger partial charge in [-0.05, 0) is 51.0 Å². The molecule has 0 spiro atoms. The monoisotopic (exact) mass is 326 g/mol. The van der Waals surface area contributed by atoms with Gasteiger partial charge in [0.2, 0.25) is 0 Å². The van der Waals surface area contributed by atoms with E-state index < -0.39 is 0 Å². The Kier molecular flexibility index (Phi) is 9.56. The summed E-state index contributed by atoms with van der Waals surface area (Å²) in [5.74, 6) is 0.906. The van der Waals surface area contributed by atoms with Gasteiger partial charge in [-0.3, -0.25) is 9.89 Å². The van der Waals surface area contributed by atoms with Crippen molar-refractivity contribution in [2.24, 2.45) is 10.4 Å². The number of aliphatic hydroxyl groups is 1. The highest BCUT2D eigenvalue weighted by Crippen LogP contribution is 2.30. The smallest absolute Gasteiger partial charge is 0.191 e. The maximum absolute atomic E-state index is 9.33. The van der Waals surface area contributed by atoms with E-state index in [-0.39, 0.29) is 12.0 Å². The topological polar surface area (TPSA) is 59.9 Å². The third kappa shape index (κ3) is 7.08. The molecule has 0 aromatic rings. The van der Waals surface area contributed by atoms with Crippen molar-refractivity contribution in [1.82, 2.24) is 15.5 Å². The minimum atomic E-state index is 0.126. The van der Waals surface area contributed by atoms with Crippen LogP contribution in [0.25, 0.3) is 0 Å². The first-order chi connectivity index (χ1) is 11.1. The molecule has 0 saturated heterocycles. The van der Waals surface area contributed by atoms with Crippen LogP contribution in [0, 0.1) is 5.41 Å². The normalized spacial score (nSPS) is 16.0. The summed E-state index contributed by atoms with van der Waals surface area (Å²) in [5, 5.41) is 16.1. The molecule has 0 atom stereocenters. The lowest BCUT2D eigenvalue weighted by molar-refractivity contribution is 0.175. The molecule has 0 amide bonds. The SMILES string of the molecule is CCNC(=NCC(CC)(CC)CCO)NCCN(CC)C1CC1. The maximum Gasteiger partial charge on any atom is 0.191 e. The van der Waals surface area contributed by atoms with Crippen LogP contribution in [0.1, 0.15) is 59.8 Å². The van der Waals surface area contributed by atoms with Gasteiger partial charge in [0.1, 0.15) is 0 Å². The Bertz CT molecular complexity index is 338. The molecule has 1 saturated carbocycles. The highest BCUT2D eigenvalue weighted by molar-refractivity contribution is 5.79. The Morgan fingerprint density at radius 1 is 1.17 bits per heavy atom. The van der Waals surface area contributed by atoms with E-state index in [0.29, 0.717) is 0 Å². The maximum atomic E-state index is 9.33. The first-order valence-corrected chi connectivity index (χ1v) is 9.51. The van der Waals surface area contributed by atoms with Crippen LogP contribution >= 0.6 is 0 Å². The highest BCUT2D eigenvalue weighted by Gasteiger charge is 2.27. The second-order valence-electron chi connectivity index (χ2n) is 6.66. The molecule has 0 aromatic heterocycles. The highest BCUT2D eigenvalue weighted by atomic mass is 16.3. The summed E-state index contributed by atoms with van der Waals surface area (Å²) in [5.41, 5.74) is 0.126. The Hall–Kier alpha value is -0.810. The van der Waals surface area contributed by atoms with Gasteiger partial charge in [0.05, 0.1) is 0 Å². The van der Waals surface area contributed by atoms with Crippen LogP contribution < -0.4 is 10.6 Å². The van der Waals surface area contributed by atoms with E-state index in [4.69, 9.17) is 4.99 Å². The third-order valence-corrected chi connectivity index (χ3v) is 5.22. The zero-order valence-electron chi connectivity index (χ0n) is 15.7. The number of aliphatic hydroxyl groups excluding tert-OH is 1. The second-order valence-corrected chi connectivity index (χ2v) is 6.66. The zero-order chi connectivity index (χ0) is 17.1. The number of nitrogens with zero attached hydrogens (tertiary/aromatic N) is 2. The quantitative estimate of drug-likeness (QED) is 0.380. The van der Waals surface area contributed by atoms with Crippen LogP contribution in [-0.4, -0.2) is 61.3 Å². The van der Waals surface area contributed by atoms with Gasteiger partial charge in [-0.2, -0.15) is 0 Å². The van der Waals surface area contributed by atoms with Crippen molar-refractivity contribution in [1.29, 1.82) is 0 Å². The van der Waals surface area contributed by atoms with Gasteiger partial charge in [-0.15, -0.1) is 0 Å². The lowest BCUT2D eigenvalue weighted by Crippen LogP contribution is -2.42. The second kappa shape index (κ2) is 10.9. The predicted molar refractivity (Wildman–Crippen MR) is 99.0 cm³/mol. The van der Waals surface area contributed by atoms with E-state index >= 15 is 0 Å². The number of rotatable bonds is 12. The Morgan fingerprint density at radius 3 is 2.35 bits per heavy atom. The fourth-order valence-electron chi connectivity index (χ4n) is 3.09. The number of nitrogens with one attached hydrogen (secondary N) is 2. The molecule has 136 valence electrons. The Balaban J connectivity index is 2.50. The van der Waals surface area contributed by atoms with Crippen molar-refractivity contribution in [2.75, 3.05) is 39.3 Å². The van der Waals surface area contributed by atoms with E-state index in [2.05, 4.69) is 43.2 Å². The van der Waals surface area contributed by atoms with Crippen LogP contribution in [-0.2, 0) is 0 Å². The molecule has 0 heterocycles. The fraction of sp³-hybridized carbons (Fsp3) is 0.944. The molecule has 1 aliphatic carbocycles. The number of likely N-dealkylation sites (N-methyl/N-ethyl adjacent to an activating group) is 1. The van der Waals surface area contributed by atoms with Crippen molar-refractivity contribution < 1.29 is 5.11 Å². The van der Waals surface area contributed by atoms with E-state index in [1.54, 1.807) is 0 Å². The van der Waals surface area contributed by atoms with E-state index in [9.17, 15) is 5.11 Å². The number of aliphatic imine (C=N–C) groups is 1. The van der Waals surface area contributed by atoms with Gasteiger partial charge in [0, 0.05) is 38.8 Å². The zero-order valence-corrected chi connectivity index (χ0v) is 15.7. The number of hydrogen-bond acceptors (Lipinski definition) is 3. The summed E-state index contributed by atoms with van der Waals surface area (Å²) < 4.78 is 0. The summed E-state index contributed by atoms with van der Waals surface area (Å²) in [7, 11) is 0. The minimum absolute atomic E-state index is 0.126. The van der Waals surface area contributed by atoms with Crippen molar-refractivity contribution >= 4 is 5.96 Å². The van der Waals surface area contributed by atoms with Gasteiger partial charge in [0.25, 0.3) is 0 Å². The first kappa shape index (κ1) is 20.2. The molecule has 5 heteroatoms. The van der Waals surface area contributed by atoms with Gasteiger partial charge in [-0.25, -0.2) is 0 Å². The minimum Gasteiger partial charge on any atom is -0.396 e.